The number of benzene rings is 1. The summed E-state index contributed by atoms with van der Waals surface area (Å²) in [4.78, 5) is 30.9. The molecule has 4 aromatic rings. The van der Waals surface area contributed by atoms with Gasteiger partial charge in [0, 0.05) is 32.1 Å². The Bertz CT molecular complexity index is 1310. The fraction of sp³-hybridized carbons (Fsp3) is 0.320. The summed E-state index contributed by atoms with van der Waals surface area (Å²) in [6, 6.07) is 14.3. The third-order valence-corrected chi connectivity index (χ3v) is 5.42. The minimum Gasteiger partial charge on any atom is -0.494 e. The Labute approximate surface area is 191 Å². The van der Waals surface area contributed by atoms with Gasteiger partial charge in [0.1, 0.15) is 22.7 Å². The number of amides is 1. The molecule has 0 saturated heterocycles. The zero-order valence-electron chi connectivity index (χ0n) is 18.9. The van der Waals surface area contributed by atoms with Crippen molar-refractivity contribution in [2.24, 2.45) is 0 Å². The number of ether oxygens (including phenoxy) is 2. The predicted octanol–water partition coefficient (Wildman–Crippen LogP) is 4.12. The Balaban J connectivity index is 1.65. The second-order valence-electron chi connectivity index (χ2n) is 7.79. The Hall–Kier alpha value is -3.65. The van der Waals surface area contributed by atoms with E-state index in [2.05, 4.69) is 17.2 Å². The second kappa shape index (κ2) is 10.3. The van der Waals surface area contributed by atoms with Gasteiger partial charge in [-0.25, -0.2) is 4.98 Å². The van der Waals surface area contributed by atoms with Crippen LogP contribution in [0.4, 0.5) is 5.69 Å². The number of anilines is 1. The Kier molecular flexibility index (Phi) is 7.04. The van der Waals surface area contributed by atoms with Crippen molar-refractivity contribution in [2.45, 2.75) is 32.7 Å². The number of nitrogens with zero attached hydrogens (tertiary/aromatic N) is 3. The molecule has 0 spiro atoms. The summed E-state index contributed by atoms with van der Waals surface area (Å²) in [7, 11) is 1.63. The zero-order chi connectivity index (χ0) is 23.2. The quantitative estimate of drug-likeness (QED) is 0.369. The van der Waals surface area contributed by atoms with Crippen LogP contribution in [-0.2, 0) is 11.3 Å². The maximum atomic E-state index is 13.2. The fourth-order valence-electron chi connectivity index (χ4n) is 3.70. The molecule has 8 heteroatoms. The molecule has 1 N–H and O–H groups in total. The molecule has 0 radical (unpaired) electrons. The van der Waals surface area contributed by atoms with Crippen LogP contribution < -0.4 is 15.6 Å². The average Bonchev–Trinajstić information content (AvgIpc) is 3.19. The molecule has 0 bridgehead atoms. The highest BCUT2D eigenvalue weighted by Crippen LogP contribution is 2.20. The Morgan fingerprint density at radius 3 is 2.67 bits per heavy atom. The molecule has 3 heterocycles. The number of fused-ring (bicyclic) bond motifs is 2. The smallest absolute Gasteiger partial charge is 0.272 e. The van der Waals surface area contributed by atoms with Crippen LogP contribution in [0.1, 0.15) is 36.7 Å². The highest BCUT2D eigenvalue weighted by atomic mass is 16.5. The summed E-state index contributed by atoms with van der Waals surface area (Å²) >= 11 is 0. The lowest BCUT2D eigenvalue weighted by molar-refractivity contribution is 0.101. The molecule has 0 saturated carbocycles. The average molecular weight is 449 g/mol. The summed E-state index contributed by atoms with van der Waals surface area (Å²) in [5, 5.41) is 3.33. The molecule has 0 aliphatic heterocycles. The second-order valence-corrected chi connectivity index (χ2v) is 7.79. The summed E-state index contributed by atoms with van der Waals surface area (Å²) in [6.45, 7) is 3.82. The number of aryl methyl sites for hydroxylation is 1. The third kappa shape index (κ3) is 4.90. The van der Waals surface area contributed by atoms with Crippen LogP contribution in [0.25, 0.3) is 16.7 Å². The van der Waals surface area contributed by atoms with E-state index in [0.29, 0.717) is 54.2 Å². The molecular weight excluding hydrogens is 420 g/mol. The molecule has 1 amide bonds. The predicted molar refractivity (Wildman–Crippen MR) is 128 cm³/mol. The van der Waals surface area contributed by atoms with E-state index < -0.39 is 0 Å². The first-order chi connectivity index (χ1) is 16.1. The Morgan fingerprint density at radius 1 is 1.09 bits per heavy atom. The van der Waals surface area contributed by atoms with E-state index in [1.807, 2.05) is 18.2 Å². The molecule has 172 valence electrons. The first-order valence-electron chi connectivity index (χ1n) is 11.2. The molecule has 4 rings (SSSR count). The number of carbonyl (C=O) groups excluding carboxylic acids is 1. The summed E-state index contributed by atoms with van der Waals surface area (Å²) in [6.07, 6.45) is 4.42. The number of unbranched alkanes of at least 4 members (excludes halogenated alkanes) is 1. The first kappa shape index (κ1) is 22.5. The SMILES string of the molecule is CCCCOc1ccc(NC(=O)c2cc3c(=O)n4ccccc4nc3n2CCCOC)cc1. The number of rotatable bonds is 10. The lowest BCUT2D eigenvalue weighted by atomic mass is 10.2. The lowest BCUT2D eigenvalue weighted by Crippen LogP contribution is -2.18. The maximum Gasteiger partial charge on any atom is 0.272 e. The van der Waals surface area contributed by atoms with Crippen molar-refractivity contribution < 1.29 is 14.3 Å². The van der Waals surface area contributed by atoms with E-state index in [1.54, 1.807) is 48.2 Å². The molecule has 0 unspecified atom stereocenters. The van der Waals surface area contributed by atoms with Crippen molar-refractivity contribution in [3.8, 4) is 5.75 Å². The number of pyridine rings is 1. The van der Waals surface area contributed by atoms with Crippen LogP contribution in [0, 0.1) is 0 Å². The standard InChI is InChI=1S/C25H28N4O4/c1-3-4-16-33-19-11-9-18(10-12-19)26-24(30)21-17-20-23(28(21)14-7-15-32-2)27-22-8-5-6-13-29(22)25(20)31/h5-6,8-13,17H,3-4,7,14-16H2,1-2H3,(H,26,30). The molecule has 0 atom stereocenters. The van der Waals surface area contributed by atoms with Gasteiger partial charge in [0.15, 0.2) is 0 Å². The van der Waals surface area contributed by atoms with Gasteiger partial charge in [-0.3, -0.25) is 14.0 Å². The van der Waals surface area contributed by atoms with Crippen LogP contribution in [-0.4, -0.2) is 40.2 Å². The first-order valence-corrected chi connectivity index (χ1v) is 11.2. The van der Waals surface area contributed by atoms with Crippen LogP contribution in [0.3, 0.4) is 0 Å². The van der Waals surface area contributed by atoms with Crippen molar-refractivity contribution in [1.82, 2.24) is 14.0 Å². The van der Waals surface area contributed by atoms with Crippen molar-refractivity contribution in [3.63, 3.8) is 0 Å². The topological polar surface area (TPSA) is 86.9 Å². The summed E-state index contributed by atoms with van der Waals surface area (Å²) < 4.78 is 14.1. The fourth-order valence-corrected chi connectivity index (χ4v) is 3.70. The number of aromatic nitrogens is 3. The van der Waals surface area contributed by atoms with Gasteiger partial charge in [-0.05, 0) is 55.3 Å². The van der Waals surface area contributed by atoms with Gasteiger partial charge < -0.3 is 19.4 Å². The largest absolute Gasteiger partial charge is 0.494 e. The minimum absolute atomic E-state index is 0.205. The molecule has 3 aromatic heterocycles. The highest BCUT2D eigenvalue weighted by molar-refractivity contribution is 6.06. The van der Waals surface area contributed by atoms with E-state index in [0.717, 1.165) is 18.6 Å². The van der Waals surface area contributed by atoms with Crippen molar-refractivity contribution in [1.29, 1.82) is 0 Å². The van der Waals surface area contributed by atoms with E-state index in [-0.39, 0.29) is 11.5 Å². The van der Waals surface area contributed by atoms with Crippen LogP contribution >= 0.6 is 0 Å². The third-order valence-electron chi connectivity index (χ3n) is 5.42. The molecule has 33 heavy (non-hydrogen) atoms. The summed E-state index contributed by atoms with van der Waals surface area (Å²) in [5.74, 6) is 0.456. The van der Waals surface area contributed by atoms with E-state index in [1.165, 1.54) is 4.40 Å². The van der Waals surface area contributed by atoms with Crippen LogP contribution in [0.2, 0.25) is 0 Å². The highest BCUT2D eigenvalue weighted by Gasteiger charge is 2.20. The van der Waals surface area contributed by atoms with Crippen molar-refractivity contribution in [3.05, 3.63) is 70.8 Å². The Morgan fingerprint density at radius 2 is 1.91 bits per heavy atom. The number of methoxy groups -OCH3 is 1. The minimum atomic E-state index is -0.307. The van der Waals surface area contributed by atoms with Gasteiger partial charge in [0.25, 0.3) is 11.5 Å². The maximum absolute atomic E-state index is 13.2. The zero-order valence-corrected chi connectivity index (χ0v) is 18.9. The number of nitrogens with one attached hydrogen (secondary N) is 1. The molecule has 0 aliphatic carbocycles. The lowest BCUT2D eigenvalue weighted by Gasteiger charge is -2.11. The van der Waals surface area contributed by atoms with Gasteiger partial charge in [-0.1, -0.05) is 19.4 Å². The van der Waals surface area contributed by atoms with Crippen LogP contribution in [0.5, 0.6) is 5.75 Å². The van der Waals surface area contributed by atoms with Gasteiger partial charge in [-0.15, -0.1) is 0 Å². The van der Waals surface area contributed by atoms with Crippen molar-refractivity contribution >= 4 is 28.3 Å². The molecule has 1 aromatic carbocycles. The molecule has 8 nitrogen and oxygen atoms in total. The monoisotopic (exact) mass is 448 g/mol. The number of hydrogen-bond acceptors (Lipinski definition) is 5. The van der Waals surface area contributed by atoms with Gasteiger partial charge in [-0.2, -0.15) is 0 Å². The van der Waals surface area contributed by atoms with Crippen molar-refractivity contribution in [2.75, 3.05) is 25.6 Å². The van der Waals surface area contributed by atoms with E-state index >= 15 is 0 Å². The number of carbonyl (C=O) groups is 1. The molecular formula is C25H28N4O4. The number of hydrogen-bond donors (Lipinski definition) is 1. The van der Waals surface area contributed by atoms with Gasteiger partial charge in [0.05, 0.1) is 12.0 Å². The molecule has 0 aliphatic rings. The summed E-state index contributed by atoms with van der Waals surface area (Å²) in [5.41, 5.74) is 1.85. The van der Waals surface area contributed by atoms with Crippen LogP contribution in [0.15, 0.2) is 59.5 Å². The van der Waals surface area contributed by atoms with E-state index in [9.17, 15) is 9.59 Å². The molecule has 0 fully saturated rings. The normalized spacial score (nSPS) is 11.2. The van der Waals surface area contributed by atoms with Gasteiger partial charge in [0.2, 0.25) is 0 Å². The van der Waals surface area contributed by atoms with E-state index in [4.69, 9.17) is 9.47 Å². The van der Waals surface area contributed by atoms with Gasteiger partial charge >= 0.3 is 0 Å².